The summed E-state index contributed by atoms with van der Waals surface area (Å²) < 4.78 is 77.6. The summed E-state index contributed by atoms with van der Waals surface area (Å²) in [4.78, 5) is 34.0. The highest BCUT2D eigenvalue weighted by Crippen LogP contribution is 2.29. The van der Waals surface area contributed by atoms with Gasteiger partial charge in [0, 0.05) is 0 Å². The van der Waals surface area contributed by atoms with Gasteiger partial charge < -0.3 is 9.97 Å². The molecular formula is C18H8F6N4O2. The topological polar surface area (TPSA) is 91.5 Å². The first-order valence-electron chi connectivity index (χ1n) is 8.16. The molecule has 2 aromatic carbocycles. The summed E-state index contributed by atoms with van der Waals surface area (Å²) in [5, 5.41) is 0. The van der Waals surface area contributed by atoms with Crippen LogP contribution in [0.25, 0.3) is 33.2 Å². The molecule has 0 saturated heterocycles. The van der Waals surface area contributed by atoms with Crippen LogP contribution in [-0.2, 0) is 12.4 Å². The number of hydrogen-bond donors (Lipinski definition) is 2. The third-order valence-electron chi connectivity index (χ3n) is 4.26. The lowest BCUT2D eigenvalue weighted by molar-refractivity contribution is -0.142. The van der Waals surface area contributed by atoms with E-state index < -0.39 is 34.9 Å². The third kappa shape index (κ3) is 3.40. The van der Waals surface area contributed by atoms with E-state index in [9.17, 15) is 35.9 Å². The first kappa shape index (κ1) is 19.6. The fraction of sp³-hybridized carbons (Fsp3) is 0.111. The average molecular weight is 426 g/mol. The molecule has 0 saturated carbocycles. The fourth-order valence-electron chi connectivity index (χ4n) is 2.91. The maximum atomic E-state index is 12.9. The second-order valence-corrected chi connectivity index (χ2v) is 6.29. The van der Waals surface area contributed by atoms with E-state index in [4.69, 9.17) is 0 Å². The highest BCUT2D eigenvalue weighted by molar-refractivity contribution is 5.85. The summed E-state index contributed by atoms with van der Waals surface area (Å²) >= 11 is 0. The molecule has 0 unspecified atom stereocenters. The van der Waals surface area contributed by atoms with Crippen molar-refractivity contribution >= 4 is 22.1 Å². The first-order chi connectivity index (χ1) is 13.9. The van der Waals surface area contributed by atoms with Crippen LogP contribution in [0.1, 0.15) is 11.4 Å². The van der Waals surface area contributed by atoms with Gasteiger partial charge in [0.05, 0.1) is 22.1 Å². The molecule has 4 aromatic rings. The highest BCUT2D eigenvalue weighted by Gasteiger charge is 2.37. The number of aromatic nitrogens is 4. The van der Waals surface area contributed by atoms with Crippen molar-refractivity contribution in [2.45, 2.75) is 12.4 Å². The normalized spacial score (nSPS) is 12.6. The molecule has 30 heavy (non-hydrogen) atoms. The van der Waals surface area contributed by atoms with Crippen molar-refractivity contribution in [3.63, 3.8) is 0 Å². The summed E-state index contributed by atoms with van der Waals surface area (Å²) in [6.45, 7) is 0. The van der Waals surface area contributed by atoms with Gasteiger partial charge in [-0.2, -0.15) is 26.3 Å². The fourth-order valence-corrected chi connectivity index (χ4v) is 2.91. The zero-order valence-electron chi connectivity index (χ0n) is 14.4. The van der Waals surface area contributed by atoms with Crippen LogP contribution >= 0.6 is 0 Å². The molecule has 0 aliphatic carbocycles. The predicted molar refractivity (Wildman–Crippen MR) is 93.7 cm³/mol. The molecule has 0 amide bonds. The largest absolute Gasteiger partial charge is 0.438 e. The van der Waals surface area contributed by atoms with Gasteiger partial charge in [-0.1, -0.05) is 12.1 Å². The molecule has 0 aliphatic rings. The second kappa shape index (κ2) is 6.40. The Hall–Kier alpha value is -3.70. The minimum Gasteiger partial charge on any atom is -0.319 e. The molecule has 2 aromatic heterocycles. The summed E-state index contributed by atoms with van der Waals surface area (Å²) in [5.41, 5.74) is -5.58. The van der Waals surface area contributed by atoms with Crippen molar-refractivity contribution < 1.29 is 26.3 Å². The average Bonchev–Trinajstić information content (AvgIpc) is 2.64. The summed E-state index contributed by atoms with van der Waals surface area (Å²) in [7, 11) is 0. The number of aromatic amines is 2. The van der Waals surface area contributed by atoms with E-state index in [2.05, 4.69) is 19.9 Å². The molecule has 0 aliphatic heterocycles. The van der Waals surface area contributed by atoms with Gasteiger partial charge in [-0.15, -0.1) is 0 Å². The molecular weight excluding hydrogens is 418 g/mol. The Kier molecular flexibility index (Phi) is 4.19. The lowest BCUT2D eigenvalue weighted by Crippen LogP contribution is -2.23. The Labute approximate surface area is 161 Å². The number of halogens is 6. The highest BCUT2D eigenvalue weighted by atomic mass is 19.4. The lowest BCUT2D eigenvalue weighted by atomic mass is 10.0. The van der Waals surface area contributed by atoms with Gasteiger partial charge in [0.1, 0.15) is 0 Å². The monoisotopic (exact) mass is 426 g/mol. The molecule has 4 rings (SSSR count). The number of nitrogens with one attached hydrogen (secondary N) is 2. The van der Waals surface area contributed by atoms with Gasteiger partial charge in [0.2, 0.25) is 11.4 Å². The molecule has 2 N–H and O–H groups in total. The zero-order valence-corrected chi connectivity index (χ0v) is 14.4. The van der Waals surface area contributed by atoms with E-state index >= 15 is 0 Å². The number of H-pyrrole nitrogens is 2. The van der Waals surface area contributed by atoms with Crippen LogP contribution in [0.15, 0.2) is 46.0 Å². The molecule has 154 valence electrons. The zero-order chi connectivity index (χ0) is 21.8. The minimum atomic E-state index is -4.95. The third-order valence-corrected chi connectivity index (χ3v) is 4.26. The van der Waals surface area contributed by atoms with Crippen LogP contribution in [0, 0.1) is 0 Å². The number of rotatable bonds is 1. The van der Waals surface area contributed by atoms with Gasteiger partial charge >= 0.3 is 12.4 Å². The molecule has 6 nitrogen and oxygen atoms in total. The van der Waals surface area contributed by atoms with Gasteiger partial charge in [-0.25, -0.2) is 9.97 Å². The van der Waals surface area contributed by atoms with Gasteiger partial charge in [0.15, 0.2) is 0 Å². The molecule has 0 radical (unpaired) electrons. The molecule has 0 fully saturated rings. The van der Waals surface area contributed by atoms with Crippen LogP contribution in [0.3, 0.4) is 0 Å². The molecule has 0 spiro atoms. The van der Waals surface area contributed by atoms with Crippen molar-refractivity contribution in [1.29, 1.82) is 0 Å². The Morgan fingerprint density at radius 2 is 1.00 bits per heavy atom. The van der Waals surface area contributed by atoms with Crippen LogP contribution in [0.4, 0.5) is 26.3 Å². The molecule has 2 heterocycles. The van der Waals surface area contributed by atoms with E-state index in [1.807, 2.05) is 0 Å². The smallest absolute Gasteiger partial charge is 0.319 e. The molecule has 0 atom stereocenters. The predicted octanol–water partition coefficient (Wildman–Crippen LogP) is 3.86. The Balaban J connectivity index is 1.88. The minimum absolute atomic E-state index is 0.0550. The van der Waals surface area contributed by atoms with E-state index in [0.29, 0.717) is 11.1 Å². The van der Waals surface area contributed by atoms with Gasteiger partial charge in [-0.3, -0.25) is 9.59 Å². The Morgan fingerprint density at radius 3 is 1.33 bits per heavy atom. The van der Waals surface area contributed by atoms with Crippen LogP contribution in [0.5, 0.6) is 0 Å². The second-order valence-electron chi connectivity index (χ2n) is 6.29. The maximum absolute atomic E-state index is 12.9. The van der Waals surface area contributed by atoms with Gasteiger partial charge in [0.25, 0.3) is 11.1 Å². The van der Waals surface area contributed by atoms with Crippen molar-refractivity contribution in [3.05, 3.63) is 68.5 Å². The van der Waals surface area contributed by atoms with E-state index in [-0.39, 0.29) is 22.1 Å². The van der Waals surface area contributed by atoms with E-state index in [1.165, 1.54) is 36.4 Å². The van der Waals surface area contributed by atoms with Crippen molar-refractivity contribution in [1.82, 2.24) is 19.9 Å². The van der Waals surface area contributed by atoms with E-state index in [1.54, 1.807) is 0 Å². The Morgan fingerprint density at radius 1 is 0.633 bits per heavy atom. The standard InChI is InChI=1S/C18H8F6N4O2/c19-17(20,21)13-15(29)27-9-3-1-7(5-11(9)25-13)8-2-4-10-12(6-8)26-14(16(30)28-10)18(22,23)24/h1-6H,(H,27,29)(H,28,30). The van der Waals surface area contributed by atoms with E-state index in [0.717, 1.165) is 0 Å². The van der Waals surface area contributed by atoms with Crippen LogP contribution in [0.2, 0.25) is 0 Å². The maximum Gasteiger partial charge on any atom is 0.438 e. The molecule has 12 heteroatoms. The number of fused-ring (bicyclic) bond motifs is 2. The summed E-state index contributed by atoms with van der Waals surface area (Å²) in [6, 6.07) is 8.04. The SMILES string of the molecule is O=c1[nH]c2ccc(-c3ccc4[nH]c(=O)c(C(F)(F)F)nc4c3)cc2nc1C(F)(F)F. The number of alkyl halides is 6. The summed E-state index contributed by atoms with van der Waals surface area (Å²) in [6.07, 6.45) is -9.91. The summed E-state index contributed by atoms with van der Waals surface area (Å²) in [5.74, 6) is 0. The quantitative estimate of drug-likeness (QED) is 0.452. The first-order valence-corrected chi connectivity index (χ1v) is 8.16. The van der Waals surface area contributed by atoms with Crippen molar-refractivity contribution in [3.8, 4) is 11.1 Å². The number of benzene rings is 2. The van der Waals surface area contributed by atoms with Crippen LogP contribution in [-0.4, -0.2) is 19.9 Å². The Bertz CT molecular complexity index is 1310. The van der Waals surface area contributed by atoms with Crippen molar-refractivity contribution in [2.24, 2.45) is 0 Å². The number of nitrogens with zero attached hydrogens (tertiary/aromatic N) is 2. The number of hydrogen-bond acceptors (Lipinski definition) is 4. The van der Waals surface area contributed by atoms with Crippen LogP contribution < -0.4 is 11.1 Å². The molecule has 0 bridgehead atoms. The van der Waals surface area contributed by atoms with Crippen molar-refractivity contribution in [2.75, 3.05) is 0 Å². The van der Waals surface area contributed by atoms with Gasteiger partial charge in [-0.05, 0) is 35.4 Å². The lowest BCUT2D eigenvalue weighted by Gasteiger charge is -2.09.